The number of aliphatic hydroxyl groups is 1. The highest BCUT2D eigenvalue weighted by atomic mass is 16.6. The number of esters is 1. The van der Waals surface area contributed by atoms with E-state index in [9.17, 15) is 20.0 Å². The molecular formula is C17H23NO5. The van der Waals surface area contributed by atoms with Gasteiger partial charge < -0.3 is 9.84 Å². The number of ether oxygens (including phenoxy) is 1. The van der Waals surface area contributed by atoms with E-state index >= 15 is 0 Å². The summed E-state index contributed by atoms with van der Waals surface area (Å²) in [5.41, 5.74) is -0.918. The van der Waals surface area contributed by atoms with Crippen molar-refractivity contribution < 1.29 is 19.6 Å². The summed E-state index contributed by atoms with van der Waals surface area (Å²) in [7, 11) is 1.28. The Hall–Kier alpha value is -1.95. The minimum atomic E-state index is -1.45. The first kappa shape index (κ1) is 17.4. The van der Waals surface area contributed by atoms with Gasteiger partial charge in [0.15, 0.2) is 0 Å². The van der Waals surface area contributed by atoms with Crippen LogP contribution in [0.4, 0.5) is 0 Å². The second kappa shape index (κ2) is 6.28. The van der Waals surface area contributed by atoms with Crippen LogP contribution in [-0.4, -0.2) is 34.8 Å². The molecule has 126 valence electrons. The number of carbonyl (C=O) groups is 1. The Labute approximate surface area is 135 Å². The van der Waals surface area contributed by atoms with Crippen molar-refractivity contribution in [2.45, 2.75) is 50.2 Å². The quantitative estimate of drug-likeness (QED) is 0.493. The summed E-state index contributed by atoms with van der Waals surface area (Å²) in [5, 5.41) is 22.1. The Morgan fingerprint density at radius 2 is 2.00 bits per heavy atom. The van der Waals surface area contributed by atoms with Crippen LogP contribution in [-0.2, 0) is 14.9 Å². The number of hydrogen-bond donors (Lipinski definition) is 1. The van der Waals surface area contributed by atoms with Crippen LogP contribution in [0.25, 0.3) is 0 Å². The van der Waals surface area contributed by atoms with Gasteiger partial charge in [-0.3, -0.25) is 14.9 Å². The molecule has 2 rings (SSSR count). The molecule has 0 amide bonds. The topological polar surface area (TPSA) is 89.7 Å². The van der Waals surface area contributed by atoms with Gasteiger partial charge in [-0.1, -0.05) is 44.2 Å². The summed E-state index contributed by atoms with van der Waals surface area (Å²) >= 11 is 0. The minimum Gasteiger partial charge on any atom is -0.469 e. The predicted molar refractivity (Wildman–Crippen MR) is 84.6 cm³/mol. The minimum absolute atomic E-state index is 0.0796. The molecule has 1 aliphatic rings. The van der Waals surface area contributed by atoms with Crippen molar-refractivity contribution in [1.29, 1.82) is 0 Å². The first-order chi connectivity index (χ1) is 10.7. The first-order valence-corrected chi connectivity index (χ1v) is 7.69. The van der Waals surface area contributed by atoms with Crippen LogP contribution in [0.2, 0.25) is 0 Å². The molecule has 6 nitrogen and oxygen atoms in total. The van der Waals surface area contributed by atoms with Crippen LogP contribution >= 0.6 is 0 Å². The monoisotopic (exact) mass is 321 g/mol. The lowest BCUT2D eigenvalue weighted by atomic mass is 9.63. The molecule has 23 heavy (non-hydrogen) atoms. The Morgan fingerprint density at radius 1 is 1.43 bits per heavy atom. The van der Waals surface area contributed by atoms with Crippen molar-refractivity contribution in [2.24, 2.45) is 5.92 Å². The average molecular weight is 321 g/mol. The molecule has 6 heteroatoms. The van der Waals surface area contributed by atoms with Gasteiger partial charge >= 0.3 is 5.97 Å². The first-order valence-electron chi connectivity index (χ1n) is 7.69. The van der Waals surface area contributed by atoms with Crippen LogP contribution in [0.15, 0.2) is 30.3 Å². The van der Waals surface area contributed by atoms with E-state index < -0.39 is 33.9 Å². The molecule has 0 heterocycles. The van der Waals surface area contributed by atoms with Crippen molar-refractivity contribution in [1.82, 2.24) is 0 Å². The molecular weight excluding hydrogens is 298 g/mol. The number of nitro groups is 1. The molecule has 1 aliphatic carbocycles. The zero-order valence-electron chi connectivity index (χ0n) is 13.7. The smallest absolute Gasteiger partial charge is 0.308 e. The van der Waals surface area contributed by atoms with Crippen molar-refractivity contribution in [3.05, 3.63) is 46.0 Å². The van der Waals surface area contributed by atoms with Gasteiger partial charge in [-0.25, -0.2) is 0 Å². The SMILES string of the molecule is COC(=O)C1CC(O)(C(CC(C)(C)c2ccccc2)[N+](=O)[O-])C1. The fourth-order valence-electron chi connectivity index (χ4n) is 3.35. The molecule has 0 aromatic heterocycles. The van der Waals surface area contributed by atoms with Crippen LogP contribution in [0.5, 0.6) is 0 Å². The van der Waals surface area contributed by atoms with Crippen LogP contribution in [0, 0.1) is 16.0 Å². The van der Waals surface area contributed by atoms with E-state index in [0.29, 0.717) is 0 Å². The summed E-state index contributed by atoms with van der Waals surface area (Å²) < 4.78 is 4.64. The van der Waals surface area contributed by atoms with Gasteiger partial charge in [0, 0.05) is 11.3 Å². The lowest BCUT2D eigenvalue weighted by molar-refractivity contribution is -0.554. The van der Waals surface area contributed by atoms with Crippen LogP contribution < -0.4 is 0 Å². The maximum Gasteiger partial charge on any atom is 0.308 e. The molecule has 0 spiro atoms. The highest BCUT2D eigenvalue weighted by molar-refractivity contribution is 5.73. The standard InChI is InChI=1S/C17H23NO5/c1-16(2,13-7-5-4-6-8-13)11-14(18(21)22)17(20)9-12(10-17)15(19)23-3/h4-8,12,14,20H,9-11H2,1-3H3. The number of rotatable bonds is 6. The molecule has 0 saturated heterocycles. The number of nitrogens with zero attached hydrogens (tertiary/aromatic N) is 1. The Balaban J connectivity index is 2.14. The Kier molecular flexibility index (Phi) is 4.75. The van der Waals surface area contributed by atoms with E-state index in [1.165, 1.54) is 7.11 Å². The van der Waals surface area contributed by atoms with Gasteiger partial charge in [0.25, 0.3) is 0 Å². The Bertz CT molecular complexity index is 578. The van der Waals surface area contributed by atoms with Gasteiger partial charge in [-0.15, -0.1) is 0 Å². The van der Waals surface area contributed by atoms with Gasteiger partial charge in [0.05, 0.1) is 13.0 Å². The predicted octanol–water partition coefficient (Wildman–Crippen LogP) is 2.31. The van der Waals surface area contributed by atoms with E-state index in [-0.39, 0.29) is 19.3 Å². The molecule has 0 aliphatic heterocycles. The molecule has 0 bridgehead atoms. The van der Waals surface area contributed by atoms with Crippen molar-refractivity contribution >= 4 is 5.97 Å². The number of hydrogen-bond acceptors (Lipinski definition) is 5. The van der Waals surface area contributed by atoms with E-state index in [1.807, 2.05) is 44.2 Å². The van der Waals surface area contributed by atoms with Gasteiger partial charge in [0.1, 0.15) is 5.60 Å². The highest BCUT2D eigenvalue weighted by Crippen LogP contribution is 2.45. The zero-order chi connectivity index (χ0) is 17.3. The molecule has 0 radical (unpaired) electrons. The molecule has 1 aromatic rings. The number of methoxy groups -OCH3 is 1. The lowest BCUT2D eigenvalue weighted by Crippen LogP contribution is -2.59. The number of carbonyl (C=O) groups excluding carboxylic acids is 1. The fraction of sp³-hybridized carbons (Fsp3) is 0.588. The van der Waals surface area contributed by atoms with Gasteiger partial charge in [-0.05, 0) is 23.8 Å². The third-order valence-corrected chi connectivity index (χ3v) is 4.87. The highest BCUT2D eigenvalue weighted by Gasteiger charge is 2.58. The second-order valence-corrected chi connectivity index (χ2v) is 6.99. The van der Waals surface area contributed by atoms with Crippen molar-refractivity contribution in [2.75, 3.05) is 7.11 Å². The third kappa shape index (κ3) is 3.52. The average Bonchev–Trinajstić information content (AvgIpc) is 2.49. The van der Waals surface area contributed by atoms with Gasteiger partial charge in [0.2, 0.25) is 6.04 Å². The van der Waals surface area contributed by atoms with Crippen molar-refractivity contribution in [3.63, 3.8) is 0 Å². The summed E-state index contributed by atoms with van der Waals surface area (Å²) in [6.45, 7) is 3.86. The molecule has 1 saturated carbocycles. The van der Waals surface area contributed by atoms with Crippen LogP contribution in [0.3, 0.4) is 0 Å². The maximum atomic E-state index is 11.5. The van der Waals surface area contributed by atoms with E-state index in [4.69, 9.17) is 0 Å². The summed E-state index contributed by atoms with van der Waals surface area (Å²) in [4.78, 5) is 22.6. The lowest BCUT2D eigenvalue weighted by Gasteiger charge is -2.44. The third-order valence-electron chi connectivity index (χ3n) is 4.87. The van der Waals surface area contributed by atoms with Crippen molar-refractivity contribution in [3.8, 4) is 0 Å². The van der Waals surface area contributed by atoms with Gasteiger partial charge in [-0.2, -0.15) is 0 Å². The second-order valence-electron chi connectivity index (χ2n) is 6.99. The Morgan fingerprint density at radius 3 is 2.48 bits per heavy atom. The van der Waals surface area contributed by atoms with E-state index in [0.717, 1.165) is 5.56 Å². The number of benzene rings is 1. The van der Waals surface area contributed by atoms with E-state index in [1.54, 1.807) is 0 Å². The summed E-state index contributed by atoms with van der Waals surface area (Å²) in [5.74, 6) is -0.869. The summed E-state index contributed by atoms with van der Waals surface area (Å²) in [6, 6.07) is 8.43. The largest absolute Gasteiger partial charge is 0.469 e. The van der Waals surface area contributed by atoms with Crippen LogP contribution in [0.1, 0.15) is 38.7 Å². The fourth-order valence-corrected chi connectivity index (χ4v) is 3.35. The summed E-state index contributed by atoms with van der Waals surface area (Å²) in [6.07, 6.45) is 0.362. The molecule has 1 aromatic carbocycles. The molecule has 1 N–H and O–H groups in total. The maximum absolute atomic E-state index is 11.5. The molecule has 1 atom stereocenters. The van der Waals surface area contributed by atoms with E-state index in [2.05, 4.69) is 4.74 Å². The molecule has 1 unspecified atom stereocenters. The normalized spacial score (nSPS) is 25.3. The zero-order valence-corrected chi connectivity index (χ0v) is 13.7. The molecule has 1 fully saturated rings.